The van der Waals surface area contributed by atoms with Crippen molar-refractivity contribution in [2.24, 2.45) is 0 Å². The molecule has 1 N–H and O–H groups in total. The van der Waals surface area contributed by atoms with Gasteiger partial charge in [0.25, 0.3) is 11.6 Å². The number of carbonyl (C=O) groups excluding carboxylic acids is 1. The fourth-order valence-electron chi connectivity index (χ4n) is 2.70. The zero-order valence-electron chi connectivity index (χ0n) is 15.1. The second-order valence-corrected chi connectivity index (χ2v) is 7.22. The number of rotatable bonds is 5. The van der Waals surface area contributed by atoms with Crippen LogP contribution in [-0.2, 0) is 0 Å². The Balaban J connectivity index is 2.02. The molecule has 0 saturated carbocycles. The van der Waals surface area contributed by atoms with Crippen molar-refractivity contribution < 1.29 is 19.6 Å². The molecule has 0 radical (unpaired) electrons. The second kappa shape index (κ2) is 7.61. The molecule has 0 atom stereocenters. The van der Waals surface area contributed by atoms with Crippen LogP contribution in [0.25, 0.3) is 10.4 Å². The van der Waals surface area contributed by atoms with E-state index in [1.807, 2.05) is 6.92 Å². The van der Waals surface area contributed by atoms with E-state index in [4.69, 9.17) is 0 Å². The Morgan fingerprint density at radius 3 is 2.39 bits per heavy atom. The van der Waals surface area contributed by atoms with Crippen LogP contribution in [0.1, 0.15) is 25.6 Å². The number of hydrogen-bond donors (Lipinski definition) is 1. The third-order valence-electron chi connectivity index (χ3n) is 4.21. The highest BCUT2D eigenvalue weighted by Gasteiger charge is 2.24. The number of thiophene rings is 1. The van der Waals surface area contributed by atoms with Gasteiger partial charge in [0.15, 0.2) is 0 Å². The fourth-order valence-corrected chi connectivity index (χ4v) is 3.72. The number of non-ortho nitro benzene ring substituents is 1. The van der Waals surface area contributed by atoms with Crippen LogP contribution in [0.5, 0.6) is 0 Å². The van der Waals surface area contributed by atoms with Crippen LogP contribution in [0, 0.1) is 17.0 Å². The summed E-state index contributed by atoms with van der Waals surface area (Å²) in [6.07, 6.45) is 0. The van der Waals surface area contributed by atoms with E-state index in [9.17, 15) is 24.8 Å². The summed E-state index contributed by atoms with van der Waals surface area (Å²) in [5.74, 6) is -1.51. The number of nitrogens with zero attached hydrogens (tertiary/aromatic N) is 2. The number of aryl methyl sites for hydroxylation is 1. The number of carboxylic acids is 1. The molecule has 1 heterocycles. The van der Waals surface area contributed by atoms with Gasteiger partial charge in [-0.3, -0.25) is 14.9 Å². The van der Waals surface area contributed by atoms with Crippen LogP contribution in [-0.4, -0.2) is 29.0 Å². The third kappa shape index (κ3) is 3.77. The Kier molecular flexibility index (Phi) is 5.23. The molecule has 3 rings (SSSR count). The monoisotopic (exact) mass is 396 g/mol. The molecule has 28 heavy (non-hydrogen) atoms. The highest BCUT2D eigenvalue weighted by atomic mass is 32.1. The van der Waals surface area contributed by atoms with Crippen molar-refractivity contribution in [2.75, 3.05) is 11.9 Å². The van der Waals surface area contributed by atoms with Gasteiger partial charge in [0, 0.05) is 29.6 Å². The Labute approximate surface area is 164 Å². The molecule has 0 aliphatic heterocycles. The maximum absolute atomic E-state index is 12.8. The summed E-state index contributed by atoms with van der Waals surface area (Å²) in [6, 6.07) is 14.5. The van der Waals surface area contributed by atoms with Crippen LogP contribution < -0.4 is 4.90 Å². The predicted octanol–water partition coefficient (Wildman–Crippen LogP) is 4.61. The summed E-state index contributed by atoms with van der Waals surface area (Å²) in [6.45, 7) is 1.91. The SMILES string of the molecule is Cc1ccc(C(=O)N(C)c2cc(-c3cccc([N+](=O)[O-])c3)sc2C(=O)O)cc1. The number of nitro benzene ring substituents is 1. The largest absolute Gasteiger partial charge is 0.477 e. The van der Waals surface area contributed by atoms with Crippen LogP contribution in [0.4, 0.5) is 11.4 Å². The molecule has 2 aromatic carbocycles. The first-order valence-electron chi connectivity index (χ1n) is 8.24. The number of nitro groups is 1. The van der Waals surface area contributed by atoms with Gasteiger partial charge >= 0.3 is 5.97 Å². The van der Waals surface area contributed by atoms with Gasteiger partial charge in [-0.15, -0.1) is 11.3 Å². The fraction of sp³-hybridized carbons (Fsp3) is 0.100. The lowest BCUT2D eigenvalue weighted by atomic mass is 10.1. The van der Waals surface area contributed by atoms with E-state index in [0.717, 1.165) is 16.9 Å². The summed E-state index contributed by atoms with van der Waals surface area (Å²) in [4.78, 5) is 36.8. The number of carbonyl (C=O) groups is 2. The molecule has 8 heteroatoms. The Hall–Kier alpha value is -3.52. The van der Waals surface area contributed by atoms with E-state index in [-0.39, 0.29) is 22.2 Å². The molecule has 0 fully saturated rings. The summed E-state index contributed by atoms with van der Waals surface area (Å²) >= 11 is 0.968. The third-order valence-corrected chi connectivity index (χ3v) is 5.37. The molecular weight excluding hydrogens is 380 g/mol. The lowest BCUT2D eigenvalue weighted by Crippen LogP contribution is -2.27. The highest BCUT2D eigenvalue weighted by molar-refractivity contribution is 7.18. The van der Waals surface area contributed by atoms with Crippen molar-refractivity contribution in [1.82, 2.24) is 0 Å². The number of amides is 1. The maximum atomic E-state index is 12.8. The van der Waals surface area contributed by atoms with E-state index < -0.39 is 10.9 Å². The van der Waals surface area contributed by atoms with Crippen LogP contribution >= 0.6 is 11.3 Å². The number of anilines is 1. The molecule has 1 amide bonds. The summed E-state index contributed by atoms with van der Waals surface area (Å²) in [7, 11) is 1.51. The Morgan fingerprint density at radius 1 is 1.11 bits per heavy atom. The number of carboxylic acid groups (broad SMARTS) is 1. The first-order valence-corrected chi connectivity index (χ1v) is 9.06. The lowest BCUT2D eigenvalue weighted by molar-refractivity contribution is -0.384. The van der Waals surface area contributed by atoms with Gasteiger partial charge in [0.05, 0.1) is 10.6 Å². The van der Waals surface area contributed by atoms with Gasteiger partial charge in [-0.05, 0) is 30.7 Å². The van der Waals surface area contributed by atoms with E-state index in [2.05, 4.69) is 0 Å². The van der Waals surface area contributed by atoms with Crippen LogP contribution in [0.15, 0.2) is 54.6 Å². The van der Waals surface area contributed by atoms with E-state index in [1.54, 1.807) is 36.4 Å². The molecule has 142 valence electrons. The predicted molar refractivity (Wildman–Crippen MR) is 107 cm³/mol. The summed E-state index contributed by atoms with van der Waals surface area (Å²) < 4.78 is 0. The van der Waals surface area contributed by atoms with Crippen molar-refractivity contribution >= 4 is 34.6 Å². The van der Waals surface area contributed by atoms with E-state index >= 15 is 0 Å². The maximum Gasteiger partial charge on any atom is 0.348 e. The molecule has 3 aromatic rings. The van der Waals surface area contributed by atoms with Crippen LogP contribution in [0.2, 0.25) is 0 Å². The van der Waals surface area contributed by atoms with Crippen LogP contribution in [0.3, 0.4) is 0 Å². The minimum absolute atomic E-state index is 0.00975. The smallest absolute Gasteiger partial charge is 0.348 e. The molecule has 0 aliphatic rings. The van der Waals surface area contributed by atoms with Gasteiger partial charge in [-0.1, -0.05) is 29.8 Å². The Bertz CT molecular complexity index is 1070. The quantitative estimate of drug-likeness (QED) is 0.501. The summed E-state index contributed by atoms with van der Waals surface area (Å²) in [5, 5.41) is 20.6. The van der Waals surface area contributed by atoms with Gasteiger partial charge in [0.2, 0.25) is 0 Å². The second-order valence-electron chi connectivity index (χ2n) is 6.17. The topological polar surface area (TPSA) is 101 Å². The lowest BCUT2D eigenvalue weighted by Gasteiger charge is -2.17. The first kappa shape index (κ1) is 19.2. The van der Waals surface area contributed by atoms with Crippen molar-refractivity contribution in [3.63, 3.8) is 0 Å². The molecule has 1 aromatic heterocycles. The summed E-state index contributed by atoms with van der Waals surface area (Å²) in [5.41, 5.74) is 2.11. The highest BCUT2D eigenvalue weighted by Crippen LogP contribution is 2.38. The standard InChI is InChI=1S/C20H16N2O5S/c1-12-6-8-13(9-7-12)19(23)21(2)16-11-17(28-18(16)20(24)25)14-4-3-5-15(10-14)22(26)27/h3-11H,1-2H3,(H,24,25). The molecule has 7 nitrogen and oxygen atoms in total. The zero-order valence-corrected chi connectivity index (χ0v) is 15.9. The molecule has 0 saturated heterocycles. The molecule has 0 spiro atoms. The molecule has 0 unspecified atom stereocenters. The number of benzene rings is 2. The average molecular weight is 396 g/mol. The van der Waals surface area contributed by atoms with Gasteiger partial charge in [-0.2, -0.15) is 0 Å². The number of hydrogen-bond acceptors (Lipinski definition) is 5. The van der Waals surface area contributed by atoms with Crippen molar-refractivity contribution in [3.8, 4) is 10.4 Å². The molecule has 0 bridgehead atoms. The normalized spacial score (nSPS) is 10.5. The van der Waals surface area contributed by atoms with Crippen molar-refractivity contribution in [2.45, 2.75) is 6.92 Å². The molecular formula is C20H16N2O5S. The minimum Gasteiger partial charge on any atom is -0.477 e. The first-order chi connectivity index (χ1) is 13.3. The van der Waals surface area contributed by atoms with Crippen molar-refractivity contribution in [1.29, 1.82) is 0 Å². The van der Waals surface area contributed by atoms with E-state index in [0.29, 0.717) is 16.0 Å². The van der Waals surface area contributed by atoms with Gasteiger partial charge in [0.1, 0.15) is 4.88 Å². The zero-order chi connectivity index (χ0) is 20.4. The van der Waals surface area contributed by atoms with E-state index in [1.165, 1.54) is 30.1 Å². The number of aromatic carboxylic acids is 1. The minimum atomic E-state index is -1.17. The van der Waals surface area contributed by atoms with Gasteiger partial charge < -0.3 is 10.0 Å². The van der Waals surface area contributed by atoms with Crippen molar-refractivity contribution in [3.05, 3.63) is 80.7 Å². The van der Waals surface area contributed by atoms with Gasteiger partial charge in [-0.25, -0.2) is 4.79 Å². The Morgan fingerprint density at radius 2 is 1.79 bits per heavy atom. The molecule has 0 aliphatic carbocycles. The average Bonchev–Trinajstić information content (AvgIpc) is 3.13.